The number of anilines is 1. The van der Waals surface area contributed by atoms with Gasteiger partial charge in [-0.15, -0.1) is 0 Å². The van der Waals surface area contributed by atoms with Crippen LogP contribution in [-0.4, -0.2) is 69.9 Å². The van der Waals surface area contributed by atoms with Gasteiger partial charge in [0.1, 0.15) is 17.2 Å². The monoisotopic (exact) mass is 658 g/mol. The van der Waals surface area contributed by atoms with Crippen LogP contribution in [-0.2, 0) is 16.9 Å². The first-order chi connectivity index (χ1) is 22.2. The highest BCUT2D eigenvalue weighted by atomic mass is 35.5. The van der Waals surface area contributed by atoms with Gasteiger partial charge in [-0.2, -0.15) is 0 Å². The third kappa shape index (κ3) is 4.08. The molecule has 9 rings (SSSR count). The minimum atomic E-state index is -1.18. The number of imidazole rings is 1. The molecule has 236 valence electrons. The lowest BCUT2D eigenvalue weighted by molar-refractivity contribution is -0.128. The van der Waals surface area contributed by atoms with Gasteiger partial charge in [0.25, 0.3) is 5.91 Å². The molecule has 3 aromatic carbocycles. The van der Waals surface area contributed by atoms with Crippen molar-refractivity contribution in [2.45, 2.75) is 55.3 Å². The van der Waals surface area contributed by atoms with Crippen molar-refractivity contribution in [3.05, 3.63) is 93.0 Å². The molecule has 3 fully saturated rings. The Morgan fingerprint density at radius 3 is 2.72 bits per heavy atom. The topological polar surface area (TPSA) is 82.5 Å². The number of nitrogens with zero attached hydrogens (tertiary/aromatic N) is 4. The molecule has 4 aromatic rings. The highest BCUT2D eigenvalue weighted by Gasteiger charge is 2.69. The van der Waals surface area contributed by atoms with Crippen LogP contribution in [0, 0.1) is 11.7 Å². The maximum Gasteiger partial charge on any atom is 0.251 e. The van der Waals surface area contributed by atoms with Crippen LogP contribution >= 0.6 is 23.2 Å². The molecule has 4 aliphatic heterocycles. The average molecular weight is 660 g/mol. The fraction of sp³-hybridized carbons (Fsp3) is 0.400. The van der Waals surface area contributed by atoms with Crippen molar-refractivity contribution >= 4 is 51.7 Å². The molecule has 1 saturated carbocycles. The number of hydrogen-bond acceptors (Lipinski definition) is 5. The van der Waals surface area contributed by atoms with Crippen molar-refractivity contribution in [3.8, 4) is 0 Å². The second-order valence-corrected chi connectivity index (χ2v) is 14.6. The predicted octanol–water partition coefficient (Wildman–Crippen LogP) is 5.74. The average Bonchev–Trinajstić information content (AvgIpc) is 3.61. The molecule has 46 heavy (non-hydrogen) atoms. The van der Waals surface area contributed by atoms with E-state index in [-0.39, 0.29) is 34.8 Å². The third-order valence-electron chi connectivity index (χ3n) is 10.9. The summed E-state index contributed by atoms with van der Waals surface area (Å²) in [5.74, 6) is -0.452. The van der Waals surface area contributed by atoms with Gasteiger partial charge in [-0.25, -0.2) is 9.37 Å². The zero-order valence-corrected chi connectivity index (χ0v) is 26.8. The molecule has 1 aromatic heterocycles. The number of fused-ring (bicyclic) bond motifs is 7. The van der Waals surface area contributed by atoms with Crippen LogP contribution in [0.15, 0.2) is 54.6 Å². The summed E-state index contributed by atoms with van der Waals surface area (Å²) >= 11 is 12.9. The minimum Gasteiger partial charge on any atom is -0.347 e. The Balaban J connectivity index is 1.23. The third-order valence-corrected chi connectivity index (χ3v) is 11.4. The molecule has 2 N–H and O–H groups in total. The summed E-state index contributed by atoms with van der Waals surface area (Å²) in [7, 11) is 2.03. The normalized spacial score (nSPS) is 27.4. The number of rotatable bonds is 5. The summed E-state index contributed by atoms with van der Waals surface area (Å²) in [6.07, 6.45) is 2.98. The molecule has 1 spiro atoms. The molecule has 0 bridgehead atoms. The maximum atomic E-state index is 16.3. The second kappa shape index (κ2) is 10.2. The number of halogens is 3. The highest BCUT2D eigenvalue weighted by molar-refractivity contribution is 6.31. The molecule has 0 unspecified atom stereocenters. The maximum absolute atomic E-state index is 16.3. The molecule has 2 amide bonds. The van der Waals surface area contributed by atoms with Crippen LogP contribution in [0.1, 0.15) is 58.4 Å². The first kappa shape index (κ1) is 28.7. The molecule has 8 nitrogen and oxygen atoms in total. The lowest BCUT2D eigenvalue weighted by Crippen LogP contribution is -2.57. The predicted molar refractivity (Wildman–Crippen MR) is 175 cm³/mol. The van der Waals surface area contributed by atoms with Gasteiger partial charge in [0.05, 0.1) is 22.1 Å². The van der Waals surface area contributed by atoms with Gasteiger partial charge in [0.15, 0.2) is 0 Å². The lowest BCUT2D eigenvalue weighted by atomic mass is 9.70. The lowest BCUT2D eigenvalue weighted by Gasteiger charge is -2.40. The van der Waals surface area contributed by atoms with Crippen molar-refractivity contribution in [1.82, 2.24) is 24.7 Å². The quantitative estimate of drug-likeness (QED) is 0.286. The summed E-state index contributed by atoms with van der Waals surface area (Å²) in [6, 6.07) is 16.4. The van der Waals surface area contributed by atoms with E-state index in [1.54, 1.807) is 24.3 Å². The van der Waals surface area contributed by atoms with E-state index in [0.717, 1.165) is 61.3 Å². The number of likely N-dealkylation sites (N-methyl/N-ethyl adjacent to an activating group) is 1. The van der Waals surface area contributed by atoms with Gasteiger partial charge in [-0.05, 0) is 74.2 Å². The molecule has 5 aliphatic rings. The number of nitrogens with one attached hydrogen (secondary N) is 2. The Morgan fingerprint density at radius 1 is 1.11 bits per heavy atom. The summed E-state index contributed by atoms with van der Waals surface area (Å²) in [6.45, 7) is 3.10. The molecule has 1 aliphatic carbocycles. The van der Waals surface area contributed by atoms with E-state index >= 15 is 4.39 Å². The molecule has 2 saturated heterocycles. The summed E-state index contributed by atoms with van der Waals surface area (Å²) in [4.78, 5) is 37.5. The Bertz CT molecular complexity index is 1950. The molecule has 5 heterocycles. The fourth-order valence-corrected chi connectivity index (χ4v) is 9.15. The molecule has 11 heteroatoms. The zero-order chi connectivity index (χ0) is 31.5. The highest BCUT2D eigenvalue weighted by Crippen LogP contribution is 2.64. The number of carbonyl (C=O) groups is 2. The standard InChI is InChI=1S/C35H33Cl2FN6O2/c1-42-16-21(17-42)39-33(45)19-7-10-27-26(13-19)40-32-29-28(11-12-43(27)32)44(15-18-5-6-18)35(30(29)22-3-2-4-24(37)31(22)38)23-9-8-20(36)14-25(23)41-34(35)46/h2-4,7-10,13-14,18,21,28-30H,5-6,11-12,15-17H2,1H3,(H,39,45)(H,41,46)/t28-,29+,30-,35+/m0/s1. The van der Waals surface area contributed by atoms with Crippen molar-refractivity contribution < 1.29 is 14.0 Å². The van der Waals surface area contributed by atoms with E-state index in [4.69, 9.17) is 28.2 Å². The fourth-order valence-electron chi connectivity index (χ4n) is 8.80. The van der Waals surface area contributed by atoms with Crippen LogP contribution in [0.4, 0.5) is 10.1 Å². The summed E-state index contributed by atoms with van der Waals surface area (Å²) < 4.78 is 18.5. The van der Waals surface area contributed by atoms with Gasteiger partial charge in [0.2, 0.25) is 5.91 Å². The molecule has 0 radical (unpaired) electrons. The number of amides is 2. The van der Waals surface area contributed by atoms with Gasteiger partial charge < -0.3 is 20.1 Å². The smallest absolute Gasteiger partial charge is 0.251 e. The number of hydrogen-bond donors (Lipinski definition) is 2. The second-order valence-electron chi connectivity index (χ2n) is 13.7. The largest absolute Gasteiger partial charge is 0.347 e. The van der Waals surface area contributed by atoms with Crippen LogP contribution < -0.4 is 10.6 Å². The number of likely N-dealkylation sites (tertiary alicyclic amines) is 2. The zero-order valence-electron chi connectivity index (χ0n) is 25.3. The van der Waals surface area contributed by atoms with Crippen LogP contribution in [0.5, 0.6) is 0 Å². The first-order valence-corrected chi connectivity index (χ1v) is 16.8. The van der Waals surface area contributed by atoms with Crippen LogP contribution in [0.2, 0.25) is 10.0 Å². The molecule has 4 atom stereocenters. The van der Waals surface area contributed by atoms with Gasteiger partial charge in [-0.1, -0.05) is 41.4 Å². The van der Waals surface area contributed by atoms with Crippen molar-refractivity contribution in [2.75, 3.05) is 32.0 Å². The summed E-state index contributed by atoms with van der Waals surface area (Å²) in [5.41, 5.74) is 2.90. The number of aromatic nitrogens is 2. The van der Waals surface area contributed by atoms with E-state index in [0.29, 0.717) is 34.3 Å². The Morgan fingerprint density at radius 2 is 1.93 bits per heavy atom. The number of aryl methyl sites for hydroxylation is 1. The van der Waals surface area contributed by atoms with E-state index in [2.05, 4.69) is 25.0 Å². The molecular formula is C35H33Cl2FN6O2. The van der Waals surface area contributed by atoms with Gasteiger partial charge in [-0.3, -0.25) is 14.5 Å². The minimum absolute atomic E-state index is 0.0252. The summed E-state index contributed by atoms with van der Waals surface area (Å²) in [5, 5.41) is 6.81. The molecular weight excluding hydrogens is 626 g/mol. The van der Waals surface area contributed by atoms with Crippen molar-refractivity contribution in [3.63, 3.8) is 0 Å². The van der Waals surface area contributed by atoms with Gasteiger partial charge in [0, 0.05) is 65.9 Å². The van der Waals surface area contributed by atoms with Crippen molar-refractivity contribution in [1.29, 1.82) is 0 Å². The van der Waals surface area contributed by atoms with E-state index < -0.39 is 17.3 Å². The van der Waals surface area contributed by atoms with E-state index in [1.807, 2.05) is 37.4 Å². The van der Waals surface area contributed by atoms with E-state index in [9.17, 15) is 9.59 Å². The number of benzene rings is 3. The Labute approximate surface area is 275 Å². The van der Waals surface area contributed by atoms with Gasteiger partial charge >= 0.3 is 0 Å². The van der Waals surface area contributed by atoms with E-state index in [1.165, 1.54) is 0 Å². The van der Waals surface area contributed by atoms with Crippen LogP contribution in [0.3, 0.4) is 0 Å². The SMILES string of the molecule is CN1CC(NC(=O)c2ccc3c(c2)nc2n3CC[C@H]3[C@@H]2[C@H](c2cccc(Cl)c2F)[C@]2(C(=O)Nc4cc(Cl)ccc42)N3CC2CC2)C1. The Hall–Kier alpha value is -3.50. The number of carbonyl (C=O) groups excluding carboxylic acids is 2. The van der Waals surface area contributed by atoms with Crippen LogP contribution in [0.25, 0.3) is 11.0 Å². The van der Waals surface area contributed by atoms with Crippen molar-refractivity contribution in [2.24, 2.45) is 5.92 Å². The first-order valence-electron chi connectivity index (χ1n) is 16.1. The Kier molecular flexibility index (Phi) is 6.39.